The molecular formula is C15H14N8O5S4. The Morgan fingerprint density at radius 1 is 1.47 bits per heavy atom. The molecule has 2 aromatic heterocycles. The quantitative estimate of drug-likeness (QED) is 0.183. The van der Waals surface area contributed by atoms with Gasteiger partial charge in [0.1, 0.15) is 30.5 Å². The molecule has 0 aliphatic carbocycles. The van der Waals surface area contributed by atoms with Crippen LogP contribution in [0.25, 0.3) is 0 Å². The fourth-order valence-corrected chi connectivity index (χ4v) is 6.35. The highest BCUT2D eigenvalue weighted by Crippen LogP contribution is 2.41. The van der Waals surface area contributed by atoms with Crippen LogP contribution in [0.15, 0.2) is 27.1 Å². The van der Waals surface area contributed by atoms with Crippen molar-refractivity contribution in [3.05, 3.63) is 23.4 Å². The van der Waals surface area contributed by atoms with Crippen molar-refractivity contribution < 1.29 is 24.3 Å². The molecule has 17 heteroatoms. The summed E-state index contributed by atoms with van der Waals surface area (Å²) in [6.07, 6.45) is 1.42. The molecule has 0 saturated carbocycles. The summed E-state index contributed by atoms with van der Waals surface area (Å²) >= 11 is 4.80. The normalized spacial score (nSPS) is 20.6. The molecule has 4 heterocycles. The second-order valence-electron chi connectivity index (χ2n) is 6.19. The highest BCUT2D eigenvalue weighted by molar-refractivity contribution is 8.01. The summed E-state index contributed by atoms with van der Waals surface area (Å²) in [4.78, 5) is 51.3. The molecule has 0 aromatic carbocycles. The van der Waals surface area contributed by atoms with Gasteiger partial charge in [0.05, 0.1) is 0 Å². The van der Waals surface area contributed by atoms with E-state index in [-0.39, 0.29) is 22.4 Å². The van der Waals surface area contributed by atoms with Crippen molar-refractivity contribution in [3.63, 3.8) is 0 Å². The van der Waals surface area contributed by atoms with Crippen molar-refractivity contribution in [2.24, 2.45) is 5.16 Å². The highest BCUT2D eigenvalue weighted by atomic mass is 32.2. The van der Waals surface area contributed by atoms with Gasteiger partial charge < -0.3 is 21.0 Å². The first-order valence-electron chi connectivity index (χ1n) is 8.71. The molecule has 0 radical (unpaired) electrons. The number of carboxylic acid groups (broad SMARTS) is 1. The molecule has 0 spiro atoms. The number of carbonyl (C=O) groups excluding carboxylic acids is 2. The van der Waals surface area contributed by atoms with E-state index in [1.807, 2.05) is 0 Å². The Labute approximate surface area is 196 Å². The number of amides is 2. The monoisotopic (exact) mass is 514 g/mol. The Balaban J connectivity index is 1.49. The molecule has 0 bridgehead atoms. The van der Waals surface area contributed by atoms with Gasteiger partial charge in [0.15, 0.2) is 9.47 Å². The highest BCUT2D eigenvalue weighted by Gasteiger charge is 2.54. The van der Waals surface area contributed by atoms with Crippen molar-refractivity contribution in [2.75, 3.05) is 24.3 Å². The lowest BCUT2D eigenvalue weighted by atomic mass is 10.0. The van der Waals surface area contributed by atoms with E-state index in [0.717, 1.165) is 11.5 Å². The molecular weight excluding hydrogens is 500 g/mol. The molecule has 2 aliphatic rings. The van der Waals surface area contributed by atoms with Crippen LogP contribution in [0.5, 0.6) is 0 Å². The SMILES string of the molecule is CON=C(C(=O)NC1C(=O)N2C(C(=O)O)=C(CSc3ncns3)CS[C@@H]12)c1nsc(N)n1. The van der Waals surface area contributed by atoms with E-state index in [4.69, 9.17) is 5.73 Å². The van der Waals surface area contributed by atoms with Gasteiger partial charge in [-0.2, -0.15) is 13.7 Å². The molecule has 4 N–H and O–H groups in total. The number of hydrogen-bond acceptors (Lipinski definition) is 14. The Hall–Kier alpha value is -2.76. The zero-order chi connectivity index (χ0) is 22.8. The van der Waals surface area contributed by atoms with Crippen molar-refractivity contribution in [3.8, 4) is 0 Å². The lowest BCUT2D eigenvalue weighted by molar-refractivity contribution is -0.150. The third-order valence-corrected chi connectivity index (χ3v) is 8.06. The van der Waals surface area contributed by atoms with Crippen LogP contribution in [0.2, 0.25) is 0 Å². The standard InChI is InChI=1S/C15H14N8O5S4/c1-28-21-6(9-20-14(16)31-22-9)10(24)19-7-11(25)23-8(13(26)27)5(2-29-12(7)23)3-30-15-17-4-18-32-15/h4,7,12H,2-3H2,1H3,(H,19,24)(H,26,27)(H2,16,20,22)/t7?,12-/m0/s1. The van der Waals surface area contributed by atoms with Crippen LogP contribution in [0.1, 0.15) is 5.82 Å². The summed E-state index contributed by atoms with van der Waals surface area (Å²) in [7, 11) is 1.25. The number of oxime groups is 1. The minimum Gasteiger partial charge on any atom is -0.477 e. The van der Waals surface area contributed by atoms with Crippen LogP contribution in [0.3, 0.4) is 0 Å². The first kappa shape index (κ1) is 22.4. The van der Waals surface area contributed by atoms with Gasteiger partial charge in [0.2, 0.25) is 11.5 Å². The van der Waals surface area contributed by atoms with E-state index in [1.54, 1.807) is 0 Å². The van der Waals surface area contributed by atoms with Gasteiger partial charge >= 0.3 is 5.97 Å². The summed E-state index contributed by atoms with van der Waals surface area (Å²) < 4.78 is 8.55. The fourth-order valence-electron chi connectivity index (χ4n) is 2.99. The molecule has 2 atom stereocenters. The minimum absolute atomic E-state index is 0.0334. The Kier molecular flexibility index (Phi) is 6.58. The number of nitrogens with one attached hydrogen (secondary N) is 1. The Morgan fingerprint density at radius 3 is 2.91 bits per heavy atom. The summed E-state index contributed by atoms with van der Waals surface area (Å²) in [6.45, 7) is 0. The maximum absolute atomic E-state index is 12.8. The topological polar surface area (TPSA) is 186 Å². The van der Waals surface area contributed by atoms with Crippen molar-refractivity contribution in [2.45, 2.75) is 15.8 Å². The van der Waals surface area contributed by atoms with E-state index in [0.29, 0.717) is 21.4 Å². The molecule has 2 aliphatic heterocycles. The number of thioether (sulfide) groups is 2. The second kappa shape index (κ2) is 9.39. The zero-order valence-electron chi connectivity index (χ0n) is 16.1. The fraction of sp³-hybridized carbons (Fsp3) is 0.333. The average Bonchev–Trinajstić information content (AvgIpc) is 3.45. The number of β-lactam (4-membered cyclic amide) rings is 1. The number of carbonyl (C=O) groups is 3. The largest absolute Gasteiger partial charge is 0.477 e. The molecule has 1 fully saturated rings. The summed E-state index contributed by atoms with van der Waals surface area (Å²) in [5, 5.41) is 15.5. The van der Waals surface area contributed by atoms with Crippen LogP contribution in [0.4, 0.5) is 5.13 Å². The van der Waals surface area contributed by atoms with Crippen LogP contribution in [-0.4, -0.2) is 82.2 Å². The van der Waals surface area contributed by atoms with Gasteiger partial charge in [-0.1, -0.05) is 16.9 Å². The van der Waals surface area contributed by atoms with Crippen molar-refractivity contribution >= 4 is 75.2 Å². The van der Waals surface area contributed by atoms with Crippen molar-refractivity contribution in [1.29, 1.82) is 0 Å². The lowest BCUT2D eigenvalue weighted by Crippen LogP contribution is -2.71. The molecule has 32 heavy (non-hydrogen) atoms. The van der Waals surface area contributed by atoms with E-state index < -0.39 is 29.2 Å². The maximum Gasteiger partial charge on any atom is 0.352 e. The molecule has 168 valence electrons. The van der Waals surface area contributed by atoms with Gasteiger partial charge in [-0.25, -0.2) is 9.78 Å². The van der Waals surface area contributed by atoms with E-state index in [2.05, 4.69) is 34.0 Å². The number of anilines is 1. The first-order valence-corrected chi connectivity index (χ1v) is 12.3. The smallest absolute Gasteiger partial charge is 0.352 e. The Morgan fingerprint density at radius 2 is 2.28 bits per heavy atom. The number of nitrogens with zero attached hydrogens (tertiary/aromatic N) is 6. The summed E-state index contributed by atoms with van der Waals surface area (Å²) in [6, 6.07) is -0.933. The third-order valence-electron chi connectivity index (χ3n) is 4.30. The first-order chi connectivity index (χ1) is 15.4. The third kappa shape index (κ3) is 4.27. The molecule has 2 aromatic rings. The maximum atomic E-state index is 12.8. The lowest BCUT2D eigenvalue weighted by Gasteiger charge is -2.49. The Bertz CT molecular complexity index is 1120. The van der Waals surface area contributed by atoms with Crippen LogP contribution < -0.4 is 11.1 Å². The van der Waals surface area contributed by atoms with E-state index in [9.17, 15) is 19.5 Å². The zero-order valence-corrected chi connectivity index (χ0v) is 19.4. The predicted octanol–water partition coefficient (Wildman–Crippen LogP) is -0.147. The number of aliphatic carboxylic acids is 1. The number of aromatic nitrogens is 4. The van der Waals surface area contributed by atoms with Gasteiger partial charge in [-0.3, -0.25) is 14.5 Å². The van der Waals surface area contributed by atoms with Gasteiger partial charge in [0.25, 0.3) is 11.8 Å². The molecule has 1 unspecified atom stereocenters. The summed E-state index contributed by atoms with van der Waals surface area (Å²) in [5.74, 6) is -1.76. The molecule has 2 amide bonds. The summed E-state index contributed by atoms with van der Waals surface area (Å²) in [5.41, 5.74) is 5.85. The molecule has 4 rings (SSSR count). The van der Waals surface area contributed by atoms with E-state index in [1.165, 1.54) is 53.4 Å². The predicted molar refractivity (Wildman–Crippen MR) is 118 cm³/mol. The number of rotatable bonds is 8. The van der Waals surface area contributed by atoms with E-state index >= 15 is 0 Å². The molecule has 13 nitrogen and oxygen atoms in total. The van der Waals surface area contributed by atoms with Crippen molar-refractivity contribution in [1.82, 2.24) is 28.9 Å². The van der Waals surface area contributed by atoms with Gasteiger partial charge in [-0.15, -0.1) is 11.8 Å². The molecule has 1 saturated heterocycles. The number of fused-ring (bicyclic) bond motifs is 1. The number of nitrogens with two attached hydrogens (primary N) is 1. The number of nitrogen functional groups attached to an aromatic ring is 1. The van der Waals surface area contributed by atoms with Gasteiger partial charge in [-0.05, 0) is 17.1 Å². The number of hydrogen-bond donors (Lipinski definition) is 3. The van der Waals surface area contributed by atoms with Gasteiger partial charge in [0, 0.05) is 23.0 Å². The average molecular weight is 515 g/mol. The minimum atomic E-state index is -1.20. The van der Waals surface area contributed by atoms with Crippen LogP contribution >= 0.6 is 46.6 Å². The van der Waals surface area contributed by atoms with Crippen LogP contribution in [0, 0.1) is 0 Å². The second-order valence-corrected chi connectivity index (χ2v) is 10.1. The van der Waals surface area contributed by atoms with Crippen LogP contribution in [-0.2, 0) is 19.2 Å². The number of carboxylic acids is 1.